The third kappa shape index (κ3) is 11.8. The van der Waals surface area contributed by atoms with Crippen molar-refractivity contribution in [3.63, 3.8) is 0 Å². The smallest absolute Gasteiger partial charge is 0.202 e. The summed E-state index contributed by atoms with van der Waals surface area (Å²) in [5, 5.41) is 110. The molecular formula is C52H74O24. The number of Topliss-reactive ketones (excluding diaryl/α,β-unsaturated/α-hetero) is 3. The SMILES string of the molecule is CO[C@H](C(=O)[C@@H](O)[C@@H](C)O)[C@@H]1Cc2cc3cc(O[C@H]4C[C@@H](O[C@H]5C[C@@H](O)[C@H](O)C(C)O5)[C@H](O)C(C)O4)c(C)c(O)c3c(O)c2C(=O)[C@H]1O[C@H]1C[C@@H](O[C@H]2C[C@@H](O[C@H]3C[C@](C)(O)C(=O)C(C)O3)[C@@H](O)C(C)O2)[C@H](O)C(C)O1. The van der Waals surface area contributed by atoms with E-state index in [4.69, 9.17) is 52.1 Å². The number of phenolic OH excluding ortho intramolecular Hbond substituents is 2. The highest BCUT2D eigenvalue weighted by Gasteiger charge is 2.51. The Morgan fingerprint density at radius 1 is 0.697 bits per heavy atom. The van der Waals surface area contributed by atoms with Gasteiger partial charge in [0.2, 0.25) is 6.29 Å². The molecule has 5 heterocycles. The van der Waals surface area contributed by atoms with Crippen LogP contribution in [0.2, 0.25) is 0 Å². The number of carbonyl (C=O) groups excluding carboxylic acids is 3. The first-order valence-corrected chi connectivity index (χ1v) is 25.9. The molecule has 24 nitrogen and oxygen atoms in total. The number of hydrogen-bond acceptors (Lipinski definition) is 24. The average Bonchev–Trinajstić information content (AvgIpc) is 3.38. The summed E-state index contributed by atoms with van der Waals surface area (Å²) in [7, 11) is 1.18. The van der Waals surface area contributed by atoms with Crippen LogP contribution in [0.25, 0.3) is 10.8 Å². The molecule has 0 bridgehead atoms. The minimum absolute atomic E-state index is 0.0386. The molecule has 5 saturated heterocycles. The largest absolute Gasteiger partial charge is 0.507 e. The first kappa shape index (κ1) is 58.5. The van der Waals surface area contributed by atoms with Gasteiger partial charge < -0.3 is 103 Å². The fraction of sp³-hybridized carbons (Fsp3) is 0.750. The highest BCUT2D eigenvalue weighted by atomic mass is 16.7. The van der Waals surface area contributed by atoms with Crippen LogP contribution in [0.4, 0.5) is 0 Å². The van der Waals surface area contributed by atoms with E-state index in [1.807, 2.05) is 0 Å². The summed E-state index contributed by atoms with van der Waals surface area (Å²) in [4.78, 5) is 41.4. The van der Waals surface area contributed by atoms with Gasteiger partial charge in [0, 0.05) is 50.7 Å². The van der Waals surface area contributed by atoms with Crippen LogP contribution in [-0.2, 0) is 63.4 Å². The fourth-order valence-electron chi connectivity index (χ4n) is 11.2. The van der Waals surface area contributed by atoms with Gasteiger partial charge >= 0.3 is 0 Å². The number of ether oxygens (including phenoxy) is 11. The lowest BCUT2D eigenvalue weighted by molar-refractivity contribution is -0.325. The van der Waals surface area contributed by atoms with Gasteiger partial charge in [0.05, 0.1) is 65.9 Å². The van der Waals surface area contributed by atoms with E-state index in [1.165, 1.54) is 53.9 Å². The molecule has 5 unspecified atom stereocenters. The van der Waals surface area contributed by atoms with Gasteiger partial charge in [-0.3, -0.25) is 14.4 Å². The summed E-state index contributed by atoms with van der Waals surface area (Å²) >= 11 is 0. The highest BCUT2D eigenvalue weighted by Crippen LogP contribution is 2.47. The lowest BCUT2D eigenvalue weighted by atomic mass is 9.75. The summed E-state index contributed by atoms with van der Waals surface area (Å²) in [5.74, 6) is -4.61. The number of carbonyl (C=O) groups is 3. The monoisotopic (exact) mass is 1080 g/mol. The van der Waals surface area contributed by atoms with Crippen molar-refractivity contribution < 1.29 is 118 Å². The molecule has 6 aliphatic rings. The maximum Gasteiger partial charge on any atom is 0.202 e. The standard InChI is InChI=1S/C52H74O24/c1-18-29(72-34-14-30(43(58)21(4)68-34)73-33-13-28(54)42(57)20(3)67-33)12-26-10-25-11-27(49(66-9)48(63)41(56)19(2)53)50(47(62)39(25)46(61)38(26)40(18)55)76-36-16-31(44(59)23(6)70-36)74-35-15-32(45(60)22(5)69-35)75-37-17-52(8,65)51(64)24(7)71-37/h10,12,19-24,27-28,30-37,41-45,49-50,53-61,65H,11,13-17H2,1-9H3/t19-,20?,21?,22?,23?,24?,27+,28-,30-,31-,32-,33+,34+,35+,36+,37+,41+,42-,43-,44-,45+,49+,50+,52+/m1/s1. The zero-order chi connectivity index (χ0) is 55.6. The highest BCUT2D eigenvalue weighted by molar-refractivity contribution is 6.11. The number of ketones is 3. The number of aromatic hydroxyl groups is 2. The Morgan fingerprint density at radius 2 is 1.20 bits per heavy atom. The molecule has 0 aromatic heterocycles. The Bertz CT molecular complexity index is 2400. The Labute approximate surface area is 438 Å². The van der Waals surface area contributed by atoms with E-state index >= 15 is 4.79 Å². The number of aliphatic hydroxyl groups is 8. The van der Waals surface area contributed by atoms with Crippen molar-refractivity contribution in [3.05, 3.63) is 28.8 Å². The van der Waals surface area contributed by atoms with Crippen molar-refractivity contribution in [3.8, 4) is 17.2 Å². The van der Waals surface area contributed by atoms with Crippen LogP contribution in [0, 0.1) is 12.8 Å². The molecule has 1 aliphatic carbocycles. The molecule has 0 amide bonds. The zero-order valence-electron chi connectivity index (χ0n) is 43.9. The predicted molar refractivity (Wildman–Crippen MR) is 258 cm³/mol. The van der Waals surface area contributed by atoms with Gasteiger partial charge in [-0.05, 0) is 84.9 Å². The van der Waals surface area contributed by atoms with Gasteiger partial charge in [0.25, 0.3) is 0 Å². The number of benzene rings is 2. The van der Waals surface area contributed by atoms with Gasteiger partial charge in [0.1, 0.15) is 71.7 Å². The zero-order valence-corrected chi connectivity index (χ0v) is 43.9. The van der Waals surface area contributed by atoms with Crippen molar-refractivity contribution in [1.82, 2.24) is 0 Å². The molecule has 0 saturated carbocycles. The second kappa shape index (κ2) is 23.2. The van der Waals surface area contributed by atoms with Crippen molar-refractivity contribution in [2.75, 3.05) is 7.11 Å². The number of methoxy groups -OCH3 is 1. The van der Waals surface area contributed by atoms with Crippen LogP contribution >= 0.6 is 0 Å². The van der Waals surface area contributed by atoms with E-state index in [0.717, 1.165) is 0 Å². The van der Waals surface area contributed by atoms with E-state index in [9.17, 15) is 60.7 Å². The Hall–Kier alpha value is -3.61. The maximum absolute atomic E-state index is 15.0. The lowest BCUT2D eigenvalue weighted by Crippen LogP contribution is -2.57. The summed E-state index contributed by atoms with van der Waals surface area (Å²) in [6.45, 7) is 11.9. The third-order valence-corrected chi connectivity index (χ3v) is 15.7. The molecule has 24 heteroatoms. The fourth-order valence-corrected chi connectivity index (χ4v) is 11.2. The van der Waals surface area contributed by atoms with Crippen LogP contribution in [0.1, 0.15) is 102 Å². The molecule has 2 aromatic rings. The third-order valence-electron chi connectivity index (χ3n) is 15.7. The Kier molecular flexibility index (Phi) is 17.9. The molecule has 8 rings (SSSR count). The van der Waals surface area contributed by atoms with Gasteiger partial charge in [-0.15, -0.1) is 0 Å². The van der Waals surface area contributed by atoms with Crippen LogP contribution in [-0.4, -0.2) is 216 Å². The second-order valence-corrected chi connectivity index (χ2v) is 21.5. The van der Waals surface area contributed by atoms with E-state index < -0.39 is 176 Å². The van der Waals surface area contributed by atoms with Gasteiger partial charge in [-0.2, -0.15) is 0 Å². The molecule has 2 aromatic carbocycles. The minimum Gasteiger partial charge on any atom is -0.507 e. The number of fused-ring (bicyclic) bond motifs is 2. The van der Waals surface area contributed by atoms with Crippen LogP contribution < -0.4 is 4.74 Å². The van der Waals surface area contributed by atoms with E-state index in [2.05, 4.69) is 0 Å². The Balaban J connectivity index is 1.04. The summed E-state index contributed by atoms with van der Waals surface area (Å²) < 4.78 is 66.3. The van der Waals surface area contributed by atoms with Crippen molar-refractivity contribution in [1.29, 1.82) is 0 Å². The van der Waals surface area contributed by atoms with Gasteiger partial charge in [-0.25, -0.2) is 0 Å². The topological polar surface area (TPSA) is 355 Å². The van der Waals surface area contributed by atoms with Crippen LogP contribution in [0.3, 0.4) is 0 Å². The van der Waals surface area contributed by atoms with Crippen molar-refractivity contribution >= 4 is 28.1 Å². The van der Waals surface area contributed by atoms with Crippen LogP contribution in [0.15, 0.2) is 12.1 Å². The molecule has 10 N–H and O–H groups in total. The molecular weight excluding hydrogens is 1010 g/mol. The number of phenols is 2. The molecule has 5 fully saturated rings. The van der Waals surface area contributed by atoms with E-state index in [0.29, 0.717) is 0 Å². The minimum atomic E-state index is -1.95. The molecule has 76 heavy (non-hydrogen) atoms. The molecule has 0 spiro atoms. The summed E-state index contributed by atoms with van der Waals surface area (Å²) in [6.07, 6.45) is -26.4. The summed E-state index contributed by atoms with van der Waals surface area (Å²) in [5.41, 5.74) is -1.68. The number of hydrogen-bond donors (Lipinski definition) is 10. The van der Waals surface area contributed by atoms with Crippen LogP contribution in [0.5, 0.6) is 17.2 Å². The average molecular weight is 1080 g/mol. The van der Waals surface area contributed by atoms with Gasteiger partial charge in [0.15, 0.2) is 42.5 Å². The maximum atomic E-state index is 15.0. The summed E-state index contributed by atoms with van der Waals surface area (Å²) in [6, 6.07) is 3.02. The predicted octanol–water partition coefficient (Wildman–Crippen LogP) is -0.0411. The van der Waals surface area contributed by atoms with E-state index in [-0.39, 0.29) is 71.7 Å². The lowest BCUT2D eigenvalue weighted by Gasteiger charge is -2.45. The Morgan fingerprint density at radius 3 is 1.72 bits per heavy atom. The quantitative estimate of drug-likeness (QED) is 0.112. The molecule has 5 aliphatic heterocycles. The number of aliphatic hydroxyl groups excluding tert-OH is 7. The first-order valence-electron chi connectivity index (χ1n) is 25.9. The number of rotatable bonds is 15. The molecule has 24 atom stereocenters. The van der Waals surface area contributed by atoms with Crippen molar-refractivity contribution in [2.45, 2.75) is 235 Å². The molecule has 426 valence electrons. The van der Waals surface area contributed by atoms with Crippen molar-refractivity contribution in [2.24, 2.45) is 5.92 Å². The van der Waals surface area contributed by atoms with E-state index in [1.54, 1.807) is 20.8 Å². The second-order valence-electron chi connectivity index (χ2n) is 21.5. The first-order chi connectivity index (χ1) is 35.7. The van der Waals surface area contributed by atoms with Gasteiger partial charge in [-0.1, -0.05) is 0 Å². The normalized spacial score (nSPS) is 41.5. The molecule has 0 radical (unpaired) electrons.